The van der Waals surface area contributed by atoms with Crippen LogP contribution in [0.5, 0.6) is 0 Å². The average molecular weight is 338 g/mol. The van der Waals surface area contributed by atoms with Gasteiger partial charge in [0.05, 0.1) is 0 Å². The first-order chi connectivity index (χ1) is 12.2. The molecular weight excluding hydrogens is 312 g/mol. The zero-order valence-corrected chi connectivity index (χ0v) is 14.5. The number of benzene rings is 1. The van der Waals surface area contributed by atoms with E-state index in [4.69, 9.17) is 0 Å². The first-order valence-corrected chi connectivity index (χ1v) is 9.87. The highest BCUT2D eigenvalue weighted by atomic mass is 16.2. The Balaban J connectivity index is 1.23. The second kappa shape index (κ2) is 5.86. The van der Waals surface area contributed by atoms with Gasteiger partial charge >= 0.3 is 0 Å². The smallest absolute Gasteiger partial charge is 0.228 e. The minimum Gasteiger partial charge on any atom is -0.326 e. The summed E-state index contributed by atoms with van der Waals surface area (Å²) in [6, 6.07) is 7.56. The van der Waals surface area contributed by atoms with Crippen molar-refractivity contribution < 1.29 is 9.59 Å². The number of anilines is 2. The quantitative estimate of drug-likeness (QED) is 0.870. The van der Waals surface area contributed by atoms with E-state index in [1.54, 1.807) is 0 Å². The molecule has 4 heteroatoms. The van der Waals surface area contributed by atoms with Crippen molar-refractivity contribution in [1.29, 1.82) is 0 Å². The van der Waals surface area contributed by atoms with Gasteiger partial charge in [-0.25, -0.2) is 0 Å². The summed E-state index contributed by atoms with van der Waals surface area (Å²) in [4.78, 5) is 24.7. The largest absolute Gasteiger partial charge is 0.326 e. The fraction of sp³-hybridized carbons (Fsp3) is 0.619. The first kappa shape index (κ1) is 15.4. The SMILES string of the molecule is O=C(Nc1ccc(NC(=O)C2C3CC4CC(C3)CC2C4)cc1)C1CC1. The molecule has 1 aromatic rings. The van der Waals surface area contributed by atoms with Crippen molar-refractivity contribution in [2.24, 2.45) is 35.5 Å². The molecule has 1 aromatic carbocycles. The van der Waals surface area contributed by atoms with Crippen LogP contribution in [0.1, 0.15) is 44.9 Å². The van der Waals surface area contributed by atoms with Crippen LogP contribution in [0.4, 0.5) is 11.4 Å². The molecule has 0 radical (unpaired) electrons. The summed E-state index contributed by atoms with van der Waals surface area (Å²) in [5.74, 6) is 3.73. The van der Waals surface area contributed by atoms with Crippen LogP contribution in [0.3, 0.4) is 0 Å². The molecule has 0 spiro atoms. The van der Waals surface area contributed by atoms with Crippen molar-refractivity contribution >= 4 is 23.2 Å². The monoisotopic (exact) mass is 338 g/mol. The van der Waals surface area contributed by atoms with E-state index in [9.17, 15) is 9.59 Å². The Bertz CT molecular complexity index is 664. The molecule has 6 rings (SSSR count). The van der Waals surface area contributed by atoms with E-state index >= 15 is 0 Å². The number of rotatable bonds is 4. The van der Waals surface area contributed by atoms with Crippen LogP contribution in [0.2, 0.25) is 0 Å². The highest BCUT2D eigenvalue weighted by Crippen LogP contribution is 2.56. The molecule has 132 valence electrons. The molecule has 0 aromatic heterocycles. The van der Waals surface area contributed by atoms with E-state index < -0.39 is 0 Å². The van der Waals surface area contributed by atoms with E-state index in [0.29, 0.717) is 11.8 Å². The fourth-order valence-corrected chi connectivity index (χ4v) is 5.81. The predicted molar refractivity (Wildman–Crippen MR) is 97.0 cm³/mol. The summed E-state index contributed by atoms with van der Waals surface area (Å²) in [5, 5.41) is 6.07. The lowest BCUT2D eigenvalue weighted by Crippen LogP contribution is -2.49. The van der Waals surface area contributed by atoms with E-state index in [1.165, 1.54) is 32.1 Å². The third-order valence-corrected chi connectivity index (χ3v) is 6.90. The number of hydrogen-bond donors (Lipinski definition) is 2. The molecule has 0 saturated heterocycles. The zero-order valence-electron chi connectivity index (χ0n) is 14.5. The van der Waals surface area contributed by atoms with Gasteiger partial charge in [0.25, 0.3) is 0 Å². The molecule has 0 unspecified atom stereocenters. The van der Waals surface area contributed by atoms with Gasteiger partial charge in [0, 0.05) is 23.2 Å². The van der Waals surface area contributed by atoms with Crippen molar-refractivity contribution in [1.82, 2.24) is 0 Å². The van der Waals surface area contributed by atoms with Crippen LogP contribution < -0.4 is 10.6 Å². The molecule has 2 amide bonds. The van der Waals surface area contributed by atoms with Crippen molar-refractivity contribution in [3.63, 3.8) is 0 Å². The molecule has 0 heterocycles. The maximum absolute atomic E-state index is 12.9. The number of nitrogens with one attached hydrogen (secondary N) is 2. The molecule has 5 fully saturated rings. The fourth-order valence-electron chi connectivity index (χ4n) is 5.81. The maximum Gasteiger partial charge on any atom is 0.228 e. The minimum atomic E-state index is 0.116. The molecule has 5 aliphatic rings. The molecule has 4 nitrogen and oxygen atoms in total. The first-order valence-electron chi connectivity index (χ1n) is 9.87. The lowest BCUT2D eigenvalue weighted by Gasteiger charge is -2.53. The Kier molecular flexibility index (Phi) is 3.61. The molecule has 4 bridgehead atoms. The summed E-state index contributed by atoms with van der Waals surface area (Å²) in [7, 11) is 0. The summed E-state index contributed by atoms with van der Waals surface area (Å²) >= 11 is 0. The Morgan fingerprint density at radius 3 is 1.68 bits per heavy atom. The Hall–Kier alpha value is -1.84. The predicted octanol–water partition coefficient (Wildman–Crippen LogP) is 4.05. The molecule has 0 atom stereocenters. The van der Waals surface area contributed by atoms with Gasteiger partial charge in [-0.15, -0.1) is 0 Å². The van der Waals surface area contributed by atoms with Crippen LogP contribution in [0, 0.1) is 35.5 Å². The van der Waals surface area contributed by atoms with Gasteiger partial charge in [0.15, 0.2) is 0 Å². The van der Waals surface area contributed by atoms with E-state index in [-0.39, 0.29) is 23.7 Å². The highest BCUT2D eigenvalue weighted by molar-refractivity contribution is 5.95. The normalized spacial score (nSPS) is 35.4. The molecule has 5 aliphatic carbocycles. The average Bonchev–Trinajstić information content (AvgIpc) is 3.40. The van der Waals surface area contributed by atoms with Gasteiger partial charge in [-0.1, -0.05) is 0 Å². The van der Waals surface area contributed by atoms with Crippen LogP contribution in [0.15, 0.2) is 24.3 Å². The highest BCUT2D eigenvalue weighted by Gasteiger charge is 2.50. The number of carbonyl (C=O) groups excluding carboxylic acids is 2. The van der Waals surface area contributed by atoms with Gasteiger partial charge in [0.2, 0.25) is 11.8 Å². The number of hydrogen-bond acceptors (Lipinski definition) is 2. The summed E-state index contributed by atoms with van der Waals surface area (Å²) in [6.45, 7) is 0. The number of carbonyl (C=O) groups is 2. The van der Waals surface area contributed by atoms with E-state index in [1.807, 2.05) is 24.3 Å². The van der Waals surface area contributed by atoms with Gasteiger partial charge in [0.1, 0.15) is 0 Å². The second-order valence-corrected chi connectivity index (χ2v) is 8.79. The second-order valence-electron chi connectivity index (χ2n) is 8.79. The zero-order chi connectivity index (χ0) is 17.0. The molecule has 25 heavy (non-hydrogen) atoms. The third-order valence-electron chi connectivity index (χ3n) is 6.90. The lowest BCUT2D eigenvalue weighted by atomic mass is 9.51. The summed E-state index contributed by atoms with van der Waals surface area (Å²) in [5.41, 5.74) is 1.65. The summed E-state index contributed by atoms with van der Waals surface area (Å²) < 4.78 is 0. The maximum atomic E-state index is 12.9. The Labute approximate surface area is 148 Å². The van der Waals surface area contributed by atoms with E-state index in [0.717, 1.165) is 36.1 Å². The summed E-state index contributed by atoms with van der Waals surface area (Å²) in [6.07, 6.45) is 8.47. The van der Waals surface area contributed by atoms with Gasteiger partial charge in [-0.05, 0) is 92.9 Å². The molecule has 2 N–H and O–H groups in total. The van der Waals surface area contributed by atoms with E-state index in [2.05, 4.69) is 10.6 Å². The topological polar surface area (TPSA) is 58.2 Å². The van der Waals surface area contributed by atoms with Crippen molar-refractivity contribution in [3.05, 3.63) is 24.3 Å². The van der Waals surface area contributed by atoms with Gasteiger partial charge in [-0.3, -0.25) is 9.59 Å². The molecular formula is C21H26N2O2. The van der Waals surface area contributed by atoms with Gasteiger partial charge in [-0.2, -0.15) is 0 Å². The van der Waals surface area contributed by atoms with Crippen LogP contribution >= 0.6 is 0 Å². The Morgan fingerprint density at radius 1 is 0.720 bits per heavy atom. The third kappa shape index (κ3) is 2.96. The van der Waals surface area contributed by atoms with Crippen LogP contribution in [-0.4, -0.2) is 11.8 Å². The van der Waals surface area contributed by atoms with Gasteiger partial charge < -0.3 is 10.6 Å². The van der Waals surface area contributed by atoms with Crippen molar-refractivity contribution in [2.75, 3.05) is 10.6 Å². The molecule has 0 aliphatic heterocycles. The van der Waals surface area contributed by atoms with Crippen LogP contribution in [-0.2, 0) is 9.59 Å². The van der Waals surface area contributed by atoms with Crippen molar-refractivity contribution in [2.45, 2.75) is 44.9 Å². The molecule has 5 saturated carbocycles. The van der Waals surface area contributed by atoms with Crippen LogP contribution in [0.25, 0.3) is 0 Å². The van der Waals surface area contributed by atoms with Crippen molar-refractivity contribution in [3.8, 4) is 0 Å². The standard InChI is InChI=1S/C21H26N2O2/c24-20(14-1-2-14)22-17-3-5-18(6-4-17)23-21(25)19-15-8-12-7-13(10-15)11-16(19)9-12/h3-6,12-16,19H,1-2,7-11H2,(H,22,24)(H,23,25). The lowest BCUT2D eigenvalue weighted by molar-refractivity contribution is -0.132. The number of amides is 2. The Morgan fingerprint density at radius 2 is 1.20 bits per heavy atom. The minimum absolute atomic E-state index is 0.116.